The summed E-state index contributed by atoms with van der Waals surface area (Å²) >= 11 is 0. The summed E-state index contributed by atoms with van der Waals surface area (Å²) in [5.74, 6) is 0. The molecule has 0 fully saturated rings. The molecule has 1 heteroatoms. The summed E-state index contributed by atoms with van der Waals surface area (Å²) in [4.78, 5) is 4.18. The van der Waals surface area contributed by atoms with Crippen molar-refractivity contribution in [1.29, 1.82) is 0 Å². The van der Waals surface area contributed by atoms with E-state index in [1.807, 2.05) is 24.3 Å². The molecule has 3 aromatic carbocycles. The zero-order valence-corrected chi connectivity index (χ0v) is 8.85. The lowest BCUT2D eigenvalue weighted by atomic mass is 10.0. The zero-order valence-electron chi connectivity index (χ0n) is 8.85. The maximum absolute atomic E-state index is 4.18. The van der Waals surface area contributed by atoms with E-state index < -0.39 is 0 Å². The van der Waals surface area contributed by atoms with Gasteiger partial charge in [-0.2, -0.15) is 0 Å². The Morgan fingerprint density at radius 2 is 1.25 bits per heavy atom. The smallest absolute Gasteiger partial charge is 0.0779 e. The van der Waals surface area contributed by atoms with Gasteiger partial charge in [-0.05, 0) is 23.6 Å². The van der Waals surface area contributed by atoms with Crippen LogP contribution >= 0.6 is 0 Å². The van der Waals surface area contributed by atoms with Crippen molar-refractivity contribution in [2.75, 3.05) is 0 Å². The average molecular weight is 205 g/mol. The molecule has 0 unspecified atom stereocenters. The van der Waals surface area contributed by atoms with Crippen LogP contribution in [-0.4, -0.2) is 6.72 Å². The molecule has 0 saturated carbocycles. The van der Waals surface area contributed by atoms with E-state index in [0.717, 1.165) is 16.5 Å². The Balaban J connectivity index is 2.61. The third-order valence-corrected chi connectivity index (χ3v) is 2.90. The standard InChI is InChI=1S/C15H11N/c1-16-15-13-8-4-2-6-11(13)10-12-7-3-5-9-14(12)15/h2-10H,1H2. The Labute approximate surface area is 94.1 Å². The molecule has 0 spiro atoms. The summed E-state index contributed by atoms with van der Waals surface area (Å²) in [6.45, 7) is 3.68. The highest BCUT2D eigenvalue weighted by atomic mass is 14.7. The molecule has 0 heterocycles. The largest absolute Gasteiger partial charge is 0.263 e. The first-order valence-corrected chi connectivity index (χ1v) is 5.27. The Hall–Kier alpha value is -2.15. The van der Waals surface area contributed by atoms with E-state index in [0.29, 0.717) is 0 Å². The summed E-state index contributed by atoms with van der Waals surface area (Å²) in [6, 6.07) is 18.7. The minimum Gasteiger partial charge on any atom is -0.263 e. The van der Waals surface area contributed by atoms with Crippen LogP contribution in [0.4, 0.5) is 5.69 Å². The van der Waals surface area contributed by atoms with Crippen molar-refractivity contribution in [3.63, 3.8) is 0 Å². The first kappa shape index (κ1) is 9.10. The second-order valence-corrected chi connectivity index (χ2v) is 3.83. The summed E-state index contributed by atoms with van der Waals surface area (Å²) in [5.41, 5.74) is 0.980. The number of benzene rings is 3. The minimum absolute atomic E-state index is 0.980. The van der Waals surface area contributed by atoms with Gasteiger partial charge in [0.25, 0.3) is 0 Å². The topological polar surface area (TPSA) is 12.4 Å². The second kappa shape index (κ2) is 3.46. The van der Waals surface area contributed by atoms with Gasteiger partial charge in [0, 0.05) is 10.8 Å². The molecule has 0 radical (unpaired) electrons. The van der Waals surface area contributed by atoms with Gasteiger partial charge >= 0.3 is 0 Å². The first-order chi connectivity index (χ1) is 7.90. The van der Waals surface area contributed by atoms with E-state index in [-0.39, 0.29) is 0 Å². The predicted octanol–water partition coefficient (Wildman–Crippen LogP) is 4.33. The summed E-state index contributed by atoms with van der Waals surface area (Å²) in [6.07, 6.45) is 0. The van der Waals surface area contributed by atoms with Crippen molar-refractivity contribution in [1.82, 2.24) is 0 Å². The molecule has 16 heavy (non-hydrogen) atoms. The number of fused-ring (bicyclic) bond motifs is 2. The second-order valence-electron chi connectivity index (χ2n) is 3.83. The lowest BCUT2D eigenvalue weighted by molar-refractivity contribution is 1.64. The molecule has 0 aromatic heterocycles. The fraction of sp³-hybridized carbons (Fsp3) is 0. The Morgan fingerprint density at radius 1 is 0.750 bits per heavy atom. The molecule has 3 aromatic rings. The maximum Gasteiger partial charge on any atom is 0.0779 e. The molecule has 0 amide bonds. The van der Waals surface area contributed by atoms with Crippen LogP contribution in [0.3, 0.4) is 0 Å². The first-order valence-electron chi connectivity index (χ1n) is 5.27. The highest BCUT2D eigenvalue weighted by Gasteiger charge is 2.04. The van der Waals surface area contributed by atoms with E-state index >= 15 is 0 Å². The molecule has 0 aliphatic carbocycles. The summed E-state index contributed by atoms with van der Waals surface area (Å²) in [5, 5.41) is 4.75. The number of hydrogen-bond acceptors (Lipinski definition) is 1. The third-order valence-electron chi connectivity index (χ3n) is 2.90. The Kier molecular flexibility index (Phi) is 1.97. The van der Waals surface area contributed by atoms with Gasteiger partial charge in [-0.1, -0.05) is 48.5 Å². The van der Waals surface area contributed by atoms with E-state index in [1.54, 1.807) is 0 Å². The van der Waals surface area contributed by atoms with E-state index in [9.17, 15) is 0 Å². The van der Waals surface area contributed by atoms with Crippen LogP contribution in [0.15, 0.2) is 59.6 Å². The quantitative estimate of drug-likeness (QED) is 0.414. The van der Waals surface area contributed by atoms with Gasteiger partial charge in [-0.25, -0.2) is 0 Å². The third kappa shape index (κ3) is 1.22. The maximum atomic E-state index is 4.18. The van der Waals surface area contributed by atoms with Crippen LogP contribution in [0.25, 0.3) is 21.5 Å². The number of aliphatic imine (C=N–C) groups is 1. The summed E-state index contributed by atoms with van der Waals surface area (Å²) in [7, 11) is 0. The van der Waals surface area contributed by atoms with Crippen LogP contribution < -0.4 is 0 Å². The lowest BCUT2D eigenvalue weighted by Gasteiger charge is -2.06. The van der Waals surface area contributed by atoms with Crippen molar-refractivity contribution in [2.45, 2.75) is 0 Å². The summed E-state index contributed by atoms with van der Waals surface area (Å²) < 4.78 is 0. The Bertz CT molecular complexity index is 629. The molecular weight excluding hydrogens is 194 g/mol. The van der Waals surface area contributed by atoms with Crippen LogP contribution in [0, 0.1) is 0 Å². The van der Waals surface area contributed by atoms with Gasteiger partial charge in [0.1, 0.15) is 0 Å². The van der Waals surface area contributed by atoms with Gasteiger partial charge in [0.2, 0.25) is 0 Å². The highest BCUT2D eigenvalue weighted by molar-refractivity contribution is 6.10. The molecule has 0 N–H and O–H groups in total. The average Bonchev–Trinajstić information content (AvgIpc) is 2.36. The molecule has 3 rings (SSSR count). The molecule has 0 saturated heterocycles. The fourth-order valence-electron chi connectivity index (χ4n) is 2.16. The highest BCUT2D eigenvalue weighted by Crippen LogP contribution is 2.34. The van der Waals surface area contributed by atoms with Gasteiger partial charge < -0.3 is 0 Å². The van der Waals surface area contributed by atoms with Crippen molar-refractivity contribution < 1.29 is 0 Å². The molecule has 0 aliphatic rings. The van der Waals surface area contributed by atoms with Crippen molar-refractivity contribution in [2.24, 2.45) is 4.99 Å². The van der Waals surface area contributed by atoms with Crippen molar-refractivity contribution in [3.05, 3.63) is 54.6 Å². The van der Waals surface area contributed by atoms with Crippen LogP contribution in [0.5, 0.6) is 0 Å². The fourth-order valence-corrected chi connectivity index (χ4v) is 2.16. The molecule has 0 aliphatic heterocycles. The van der Waals surface area contributed by atoms with Gasteiger partial charge in [0.05, 0.1) is 5.69 Å². The SMILES string of the molecule is C=Nc1c2ccccc2cc2ccccc12. The van der Waals surface area contributed by atoms with E-state index in [1.165, 1.54) is 10.8 Å². The number of hydrogen-bond donors (Lipinski definition) is 0. The molecule has 76 valence electrons. The molecule has 1 nitrogen and oxygen atoms in total. The van der Waals surface area contributed by atoms with Crippen LogP contribution in [0.2, 0.25) is 0 Å². The molecule has 0 bridgehead atoms. The number of rotatable bonds is 1. The molecular formula is C15H11N. The number of nitrogens with zero attached hydrogens (tertiary/aromatic N) is 1. The lowest BCUT2D eigenvalue weighted by Crippen LogP contribution is -1.78. The van der Waals surface area contributed by atoms with Crippen LogP contribution in [-0.2, 0) is 0 Å². The van der Waals surface area contributed by atoms with Crippen molar-refractivity contribution >= 4 is 33.9 Å². The van der Waals surface area contributed by atoms with Gasteiger partial charge in [0.15, 0.2) is 0 Å². The van der Waals surface area contributed by atoms with Gasteiger partial charge in [-0.15, -0.1) is 0 Å². The monoisotopic (exact) mass is 205 g/mol. The van der Waals surface area contributed by atoms with Crippen molar-refractivity contribution in [3.8, 4) is 0 Å². The zero-order chi connectivity index (χ0) is 11.0. The van der Waals surface area contributed by atoms with E-state index in [2.05, 4.69) is 42.0 Å². The Morgan fingerprint density at radius 3 is 1.75 bits per heavy atom. The van der Waals surface area contributed by atoms with Gasteiger partial charge in [-0.3, -0.25) is 4.99 Å². The van der Waals surface area contributed by atoms with Crippen LogP contribution in [0.1, 0.15) is 0 Å². The van der Waals surface area contributed by atoms with E-state index in [4.69, 9.17) is 0 Å². The normalized spacial score (nSPS) is 10.8. The predicted molar refractivity (Wildman–Crippen MR) is 70.7 cm³/mol. The minimum atomic E-state index is 0.980. The molecule has 0 atom stereocenters.